The van der Waals surface area contributed by atoms with Crippen LogP contribution in [0.5, 0.6) is 5.75 Å². The number of anilines is 3. The average molecular weight is 509 g/mol. The Labute approximate surface area is 211 Å². The van der Waals surface area contributed by atoms with Gasteiger partial charge in [0.1, 0.15) is 30.3 Å². The van der Waals surface area contributed by atoms with Gasteiger partial charge in [0.25, 0.3) is 5.97 Å². The fraction of sp³-hybridized carbons (Fsp3) is 0.0769. The molecule has 3 aromatic carbocycles. The topological polar surface area (TPSA) is 113 Å². The second-order valence-corrected chi connectivity index (χ2v) is 7.76. The zero-order valence-electron chi connectivity index (χ0n) is 19.2. The van der Waals surface area contributed by atoms with Crippen molar-refractivity contribution in [2.75, 3.05) is 10.6 Å². The minimum Gasteiger partial charge on any atom is -0.487 e. The molecule has 0 unspecified atom stereocenters. The molecule has 0 atom stereocenters. The van der Waals surface area contributed by atoms with Crippen molar-refractivity contribution in [3.8, 4) is 5.75 Å². The zero-order chi connectivity index (χ0) is 26.1. The van der Waals surface area contributed by atoms with Gasteiger partial charge in [0.15, 0.2) is 0 Å². The van der Waals surface area contributed by atoms with Gasteiger partial charge in [-0.2, -0.15) is 0 Å². The average Bonchev–Trinajstić information content (AvgIpc) is 2.83. The number of aromatic nitrogens is 2. The third kappa shape index (κ3) is 7.51. The van der Waals surface area contributed by atoms with E-state index in [1.165, 1.54) is 24.5 Å². The molecule has 0 aliphatic carbocycles. The number of halogens is 2. The van der Waals surface area contributed by atoms with Crippen molar-refractivity contribution in [1.82, 2.24) is 9.97 Å². The van der Waals surface area contributed by atoms with Crippen molar-refractivity contribution in [1.29, 1.82) is 0 Å². The number of fused-ring (bicyclic) bond motifs is 1. The number of carboxylic acids is 1. The van der Waals surface area contributed by atoms with E-state index in [0.29, 0.717) is 39.0 Å². The molecular formula is C26H22ClFN4O4. The van der Waals surface area contributed by atoms with Crippen molar-refractivity contribution in [2.24, 2.45) is 0 Å². The van der Waals surface area contributed by atoms with Gasteiger partial charge in [-0.15, -0.1) is 0 Å². The predicted octanol–water partition coefficient (Wildman–Crippen LogP) is 5.96. The number of carbonyl (C=O) groups excluding carboxylic acids is 1. The Morgan fingerprint density at radius 1 is 1.11 bits per heavy atom. The summed E-state index contributed by atoms with van der Waals surface area (Å²) in [6.07, 6.45) is 2.65. The number of aliphatic carboxylic acids is 1. The molecule has 1 amide bonds. The minimum absolute atomic E-state index is 0.194. The van der Waals surface area contributed by atoms with E-state index in [4.69, 9.17) is 26.2 Å². The lowest BCUT2D eigenvalue weighted by atomic mass is 10.2. The van der Waals surface area contributed by atoms with Crippen molar-refractivity contribution in [3.05, 3.63) is 96.0 Å². The van der Waals surface area contributed by atoms with E-state index in [1.807, 2.05) is 0 Å². The largest absolute Gasteiger partial charge is 0.487 e. The standard InChI is InChI=1S/C24H18ClFN4O2.C2H4O2/c1-2-23(31)29-17-6-8-21-19(11-17)24(28-14-27-21)30-18-7-9-22(20(25)12-18)32-13-15-4-3-5-16(26)10-15;1-2(3)4/h2-12,14H,1,13H2,(H,29,31)(H,27,28,30);1H3,(H,3,4). The Balaban J connectivity index is 0.000000840. The highest BCUT2D eigenvalue weighted by Crippen LogP contribution is 2.31. The van der Waals surface area contributed by atoms with E-state index < -0.39 is 5.97 Å². The lowest BCUT2D eigenvalue weighted by Gasteiger charge is -2.12. The van der Waals surface area contributed by atoms with Crippen molar-refractivity contribution in [3.63, 3.8) is 0 Å². The van der Waals surface area contributed by atoms with Gasteiger partial charge < -0.3 is 20.5 Å². The van der Waals surface area contributed by atoms with Crippen LogP contribution in [0.1, 0.15) is 12.5 Å². The van der Waals surface area contributed by atoms with Gasteiger partial charge in [0, 0.05) is 23.7 Å². The molecule has 1 aromatic heterocycles. The maximum Gasteiger partial charge on any atom is 0.300 e. The number of hydrogen-bond acceptors (Lipinski definition) is 6. The highest BCUT2D eigenvalue weighted by Gasteiger charge is 2.09. The summed E-state index contributed by atoms with van der Waals surface area (Å²) in [5.74, 6) is -0.435. The summed E-state index contributed by atoms with van der Waals surface area (Å²) in [6, 6.07) is 16.7. The first-order valence-corrected chi connectivity index (χ1v) is 10.9. The van der Waals surface area contributed by atoms with Gasteiger partial charge in [-0.05, 0) is 60.2 Å². The molecule has 0 saturated heterocycles. The molecule has 184 valence electrons. The lowest BCUT2D eigenvalue weighted by Crippen LogP contribution is -2.07. The molecule has 0 aliphatic rings. The van der Waals surface area contributed by atoms with E-state index >= 15 is 0 Å². The summed E-state index contributed by atoms with van der Waals surface area (Å²) < 4.78 is 19.0. The number of benzene rings is 3. The van der Waals surface area contributed by atoms with Gasteiger partial charge in [-0.3, -0.25) is 9.59 Å². The Bertz CT molecular complexity index is 1410. The van der Waals surface area contributed by atoms with Gasteiger partial charge in [0.05, 0.1) is 10.5 Å². The molecule has 0 fully saturated rings. The summed E-state index contributed by atoms with van der Waals surface area (Å²) in [7, 11) is 0. The normalized spacial score (nSPS) is 10.1. The number of ether oxygens (including phenoxy) is 1. The van der Waals surface area contributed by atoms with E-state index in [1.54, 1.807) is 48.5 Å². The summed E-state index contributed by atoms with van der Waals surface area (Å²) in [5, 5.41) is 14.5. The van der Waals surface area contributed by atoms with Crippen LogP contribution in [0.4, 0.5) is 21.6 Å². The summed E-state index contributed by atoms with van der Waals surface area (Å²) in [4.78, 5) is 29.2. The molecule has 0 radical (unpaired) electrons. The third-order valence-electron chi connectivity index (χ3n) is 4.57. The number of hydrogen-bond donors (Lipinski definition) is 3. The Kier molecular flexibility index (Phi) is 8.90. The molecule has 3 N–H and O–H groups in total. The van der Waals surface area contributed by atoms with E-state index in [9.17, 15) is 9.18 Å². The van der Waals surface area contributed by atoms with Gasteiger partial charge in [-0.25, -0.2) is 14.4 Å². The Hall–Kier alpha value is -4.50. The first-order valence-electron chi connectivity index (χ1n) is 10.6. The molecule has 0 aliphatic heterocycles. The first-order chi connectivity index (χ1) is 17.2. The second kappa shape index (κ2) is 12.3. The zero-order valence-corrected chi connectivity index (χ0v) is 19.9. The third-order valence-corrected chi connectivity index (χ3v) is 4.86. The van der Waals surface area contributed by atoms with Crippen LogP contribution in [0.25, 0.3) is 10.9 Å². The number of amides is 1. The van der Waals surface area contributed by atoms with E-state index in [0.717, 1.165) is 12.3 Å². The SMILES string of the molecule is C=CC(=O)Nc1ccc2ncnc(Nc3ccc(OCc4cccc(F)c4)c(Cl)c3)c2c1.CC(=O)O. The number of carboxylic acid groups (broad SMARTS) is 1. The van der Waals surface area contributed by atoms with Crippen LogP contribution in [-0.4, -0.2) is 27.0 Å². The monoisotopic (exact) mass is 508 g/mol. The molecule has 1 heterocycles. The van der Waals surface area contributed by atoms with Gasteiger partial charge in [-0.1, -0.05) is 30.3 Å². The summed E-state index contributed by atoms with van der Waals surface area (Å²) in [5.41, 5.74) is 2.70. The second-order valence-electron chi connectivity index (χ2n) is 7.36. The Morgan fingerprint density at radius 2 is 1.86 bits per heavy atom. The molecule has 0 saturated carbocycles. The summed E-state index contributed by atoms with van der Waals surface area (Å²) >= 11 is 6.38. The quantitative estimate of drug-likeness (QED) is 0.264. The fourth-order valence-corrected chi connectivity index (χ4v) is 3.28. The van der Waals surface area contributed by atoms with Crippen molar-refractivity contribution < 1.29 is 23.8 Å². The molecule has 8 nitrogen and oxygen atoms in total. The molecule has 0 spiro atoms. The molecule has 10 heteroatoms. The van der Waals surface area contributed by atoms with Crippen LogP contribution in [0, 0.1) is 5.82 Å². The number of carbonyl (C=O) groups is 2. The number of nitrogens with zero attached hydrogens (tertiary/aromatic N) is 2. The molecule has 36 heavy (non-hydrogen) atoms. The van der Waals surface area contributed by atoms with E-state index in [-0.39, 0.29) is 18.3 Å². The Morgan fingerprint density at radius 3 is 2.56 bits per heavy atom. The molecular weight excluding hydrogens is 487 g/mol. The lowest BCUT2D eigenvalue weighted by molar-refractivity contribution is -0.134. The van der Waals surface area contributed by atoms with Crippen LogP contribution in [-0.2, 0) is 16.2 Å². The highest BCUT2D eigenvalue weighted by atomic mass is 35.5. The molecule has 0 bridgehead atoms. The van der Waals surface area contributed by atoms with E-state index in [2.05, 4.69) is 27.2 Å². The van der Waals surface area contributed by atoms with Crippen LogP contribution >= 0.6 is 11.6 Å². The molecule has 4 rings (SSSR count). The van der Waals surface area contributed by atoms with Crippen molar-refractivity contribution in [2.45, 2.75) is 13.5 Å². The minimum atomic E-state index is -0.833. The smallest absolute Gasteiger partial charge is 0.300 e. The van der Waals surface area contributed by atoms with Crippen LogP contribution in [0.3, 0.4) is 0 Å². The fourth-order valence-electron chi connectivity index (χ4n) is 3.05. The number of rotatable bonds is 7. The first kappa shape index (κ1) is 26.1. The summed E-state index contributed by atoms with van der Waals surface area (Å²) in [6.45, 7) is 4.73. The van der Waals surface area contributed by atoms with Crippen LogP contribution in [0.15, 0.2) is 79.6 Å². The molecule has 4 aromatic rings. The highest BCUT2D eigenvalue weighted by molar-refractivity contribution is 6.32. The van der Waals surface area contributed by atoms with Crippen molar-refractivity contribution >= 4 is 51.6 Å². The van der Waals surface area contributed by atoms with Gasteiger partial charge >= 0.3 is 0 Å². The maximum atomic E-state index is 13.3. The van der Waals surface area contributed by atoms with Crippen LogP contribution in [0.2, 0.25) is 5.02 Å². The maximum absolute atomic E-state index is 13.3. The van der Waals surface area contributed by atoms with Gasteiger partial charge in [0.2, 0.25) is 5.91 Å². The predicted molar refractivity (Wildman–Crippen MR) is 137 cm³/mol. The number of nitrogens with one attached hydrogen (secondary N) is 2. The van der Waals surface area contributed by atoms with Crippen LogP contribution < -0.4 is 15.4 Å².